The van der Waals surface area contributed by atoms with Crippen LogP contribution in [0.15, 0.2) is 59.9 Å². The Morgan fingerprint density at radius 3 is 2.62 bits per heavy atom. The van der Waals surface area contributed by atoms with E-state index in [0.29, 0.717) is 16.9 Å². The first kappa shape index (κ1) is 19.2. The van der Waals surface area contributed by atoms with Crippen LogP contribution < -0.4 is 4.72 Å². The summed E-state index contributed by atoms with van der Waals surface area (Å²) in [6.07, 6.45) is 3.21. The molecule has 0 amide bonds. The van der Waals surface area contributed by atoms with Gasteiger partial charge in [-0.3, -0.25) is 4.98 Å². The highest BCUT2D eigenvalue weighted by Gasteiger charge is 2.19. The van der Waals surface area contributed by atoms with Gasteiger partial charge in [-0.25, -0.2) is 22.6 Å². The molecule has 3 heterocycles. The van der Waals surface area contributed by atoms with E-state index in [4.69, 9.17) is 0 Å². The van der Waals surface area contributed by atoms with Gasteiger partial charge in [0.1, 0.15) is 6.33 Å². The molecule has 1 aromatic carbocycles. The summed E-state index contributed by atoms with van der Waals surface area (Å²) in [5, 5.41) is 4.14. The van der Waals surface area contributed by atoms with Gasteiger partial charge in [-0.05, 0) is 79.4 Å². The third-order valence-electron chi connectivity index (χ3n) is 4.84. The van der Waals surface area contributed by atoms with Crippen LogP contribution in [0.3, 0.4) is 0 Å². The average molecular weight is 407 g/mol. The van der Waals surface area contributed by atoms with Crippen molar-refractivity contribution in [2.75, 3.05) is 0 Å². The van der Waals surface area contributed by atoms with E-state index in [-0.39, 0.29) is 11.4 Å². The minimum absolute atomic E-state index is 0.118. The molecule has 0 aliphatic rings. The van der Waals surface area contributed by atoms with E-state index in [9.17, 15) is 8.42 Å². The molecule has 0 fully saturated rings. The second-order valence-electron chi connectivity index (χ2n) is 6.99. The van der Waals surface area contributed by atoms with Gasteiger partial charge < -0.3 is 0 Å². The van der Waals surface area contributed by atoms with E-state index in [2.05, 4.69) is 19.8 Å². The van der Waals surface area contributed by atoms with E-state index in [1.807, 2.05) is 57.2 Å². The molecular formula is C21H21N5O2S. The number of pyridine rings is 2. The second kappa shape index (κ2) is 7.38. The van der Waals surface area contributed by atoms with Gasteiger partial charge in [-0.1, -0.05) is 6.07 Å². The molecule has 3 aromatic heterocycles. The Bertz CT molecular complexity index is 1310. The summed E-state index contributed by atoms with van der Waals surface area (Å²) in [7, 11) is -3.69. The Hall–Kier alpha value is -3.10. The minimum Gasteiger partial charge on any atom is -0.262 e. The van der Waals surface area contributed by atoms with E-state index >= 15 is 0 Å². The summed E-state index contributed by atoms with van der Waals surface area (Å²) >= 11 is 0. The lowest BCUT2D eigenvalue weighted by Crippen LogP contribution is -2.25. The molecule has 4 aromatic rings. The molecule has 0 atom stereocenters. The van der Waals surface area contributed by atoms with E-state index in [1.54, 1.807) is 16.8 Å². The molecule has 0 bridgehead atoms. The molecule has 8 heteroatoms. The third-order valence-corrected chi connectivity index (χ3v) is 6.39. The smallest absolute Gasteiger partial charge is 0.241 e. The van der Waals surface area contributed by atoms with Crippen molar-refractivity contribution < 1.29 is 8.42 Å². The lowest BCUT2D eigenvalue weighted by atomic mass is 9.99. The number of sulfonamides is 1. The Kier molecular flexibility index (Phi) is 4.89. The molecule has 0 radical (unpaired) electrons. The van der Waals surface area contributed by atoms with Gasteiger partial charge in [0.15, 0.2) is 5.65 Å². The molecule has 4 rings (SSSR count). The number of rotatable bonds is 5. The first-order chi connectivity index (χ1) is 13.8. The number of benzene rings is 1. The number of nitrogens with zero attached hydrogens (tertiary/aromatic N) is 4. The second-order valence-corrected chi connectivity index (χ2v) is 8.73. The van der Waals surface area contributed by atoms with Crippen molar-refractivity contribution in [3.63, 3.8) is 0 Å². The van der Waals surface area contributed by atoms with Gasteiger partial charge in [-0.15, -0.1) is 0 Å². The van der Waals surface area contributed by atoms with Crippen LogP contribution >= 0.6 is 0 Å². The van der Waals surface area contributed by atoms with Gasteiger partial charge in [0.25, 0.3) is 0 Å². The number of aromatic nitrogens is 4. The Morgan fingerprint density at radius 1 is 1.00 bits per heavy atom. The van der Waals surface area contributed by atoms with Crippen LogP contribution in [0.1, 0.15) is 22.5 Å². The molecule has 29 heavy (non-hydrogen) atoms. The molecule has 7 nitrogen and oxygen atoms in total. The Labute approximate surface area is 169 Å². The van der Waals surface area contributed by atoms with Crippen LogP contribution in [0.4, 0.5) is 0 Å². The van der Waals surface area contributed by atoms with Crippen LogP contribution in [0.25, 0.3) is 16.8 Å². The number of aryl methyl sites for hydroxylation is 3. The fourth-order valence-electron chi connectivity index (χ4n) is 3.39. The molecule has 0 spiro atoms. The molecule has 0 saturated carbocycles. The maximum absolute atomic E-state index is 13.0. The van der Waals surface area contributed by atoms with Gasteiger partial charge in [0, 0.05) is 11.9 Å². The zero-order chi connectivity index (χ0) is 20.6. The van der Waals surface area contributed by atoms with Gasteiger partial charge in [0.2, 0.25) is 10.0 Å². The van der Waals surface area contributed by atoms with Crippen LogP contribution in [0, 0.1) is 20.8 Å². The summed E-state index contributed by atoms with van der Waals surface area (Å²) in [6.45, 7) is 5.78. The highest BCUT2D eigenvalue weighted by Crippen LogP contribution is 2.28. The maximum atomic E-state index is 13.0. The summed E-state index contributed by atoms with van der Waals surface area (Å²) in [6, 6.07) is 13.0. The predicted molar refractivity (Wildman–Crippen MR) is 111 cm³/mol. The van der Waals surface area contributed by atoms with Crippen LogP contribution in [-0.2, 0) is 16.6 Å². The van der Waals surface area contributed by atoms with Crippen molar-refractivity contribution >= 4 is 15.7 Å². The average Bonchev–Trinajstić information content (AvgIpc) is 3.17. The van der Waals surface area contributed by atoms with Gasteiger partial charge in [-0.2, -0.15) is 5.10 Å². The number of hydrogen-bond donors (Lipinski definition) is 1. The SMILES string of the molecule is Cc1cc(-c2cc(C)c(S(=O)(=O)NCc3cccc4ncnn34)cc2C)ccn1. The summed E-state index contributed by atoms with van der Waals surface area (Å²) in [5.41, 5.74) is 5.89. The van der Waals surface area contributed by atoms with Crippen LogP contribution in [0.5, 0.6) is 0 Å². The normalized spacial score (nSPS) is 11.8. The van der Waals surface area contributed by atoms with Gasteiger partial charge >= 0.3 is 0 Å². The predicted octanol–water partition coefficient (Wildman–Crippen LogP) is 3.20. The van der Waals surface area contributed by atoms with Crippen molar-refractivity contribution in [1.82, 2.24) is 24.3 Å². The first-order valence-corrected chi connectivity index (χ1v) is 10.6. The minimum atomic E-state index is -3.69. The summed E-state index contributed by atoms with van der Waals surface area (Å²) in [5.74, 6) is 0. The van der Waals surface area contributed by atoms with Crippen molar-refractivity contribution in [3.8, 4) is 11.1 Å². The fraction of sp³-hybridized carbons (Fsp3) is 0.190. The van der Waals surface area contributed by atoms with Crippen molar-refractivity contribution in [3.05, 3.63) is 77.5 Å². The fourth-order valence-corrected chi connectivity index (χ4v) is 4.69. The monoisotopic (exact) mass is 407 g/mol. The molecule has 0 unspecified atom stereocenters. The quantitative estimate of drug-likeness (QED) is 0.549. The summed E-state index contributed by atoms with van der Waals surface area (Å²) in [4.78, 5) is 8.62. The largest absolute Gasteiger partial charge is 0.262 e. The first-order valence-electron chi connectivity index (χ1n) is 9.17. The van der Waals surface area contributed by atoms with Gasteiger partial charge in [0.05, 0.1) is 17.1 Å². The number of nitrogens with one attached hydrogen (secondary N) is 1. The number of hydrogen-bond acceptors (Lipinski definition) is 5. The van der Waals surface area contributed by atoms with Crippen molar-refractivity contribution in [2.45, 2.75) is 32.2 Å². The standard InChI is InChI=1S/C21H21N5O2S/c1-14-10-20(15(2)9-19(14)17-7-8-22-16(3)11-17)29(27,28)25-12-18-5-4-6-21-23-13-24-26(18)21/h4-11,13,25H,12H2,1-3H3. The van der Waals surface area contributed by atoms with E-state index in [0.717, 1.165) is 22.4 Å². The van der Waals surface area contributed by atoms with Crippen molar-refractivity contribution in [2.24, 2.45) is 0 Å². The third kappa shape index (κ3) is 3.76. The molecule has 0 aliphatic carbocycles. The molecule has 148 valence electrons. The maximum Gasteiger partial charge on any atom is 0.241 e. The lowest BCUT2D eigenvalue weighted by molar-refractivity contribution is 0.578. The summed E-state index contributed by atoms with van der Waals surface area (Å²) < 4.78 is 30.3. The van der Waals surface area contributed by atoms with Crippen LogP contribution in [0.2, 0.25) is 0 Å². The highest BCUT2D eigenvalue weighted by molar-refractivity contribution is 7.89. The zero-order valence-corrected chi connectivity index (χ0v) is 17.2. The lowest BCUT2D eigenvalue weighted by Gasteiger charge is -2.14. The molecular weight excluding hydrogens is 386 g/mol. The Balaban J connectivity index is 1.65. The molecule has 1 N–H and O–H groups in total. The highest BCUT2D eigenvalue weighted by atomic mass is 32.2. The zero-order valence-electron chi connectivity index (χ0n) is 16.4. The van der Waals surface area contributed by atoms with Crippen LogP contribution in [-0.4, -0.2) is 28.0 Å². The molecule has 0 saturated heterocycles. The number of fused-ring (bicyclic) bond motifs is 1. The Morgan fingerprint density at radius 2 is 1.83 bits per heavy atom. The van der Waals surface area contributed by atoms with E-state index < -0.39 is 10.0 Å². The molecule has 0 aliphatic heterocycles. The van der Waals surface area contributed by atoms with Crippen molar-refractivity contribution in [1.29, 1.82) is 0 Å². The topological polar surface area (TPSA) is 89.2 Å². The van der Waals surface area contributed by atoms with E-state index in [1.165, 1.54) is 6.33 Å².